The summed E-state index contributed by atoms with van der Waals surface area (Å²) in [6.07, 6.45) is 9.71. The third kappa shape index (κ3) is 4.77. The van der Waals surface area contributed by atoms with E-state index in [-0.39, 0.29) is 10.7 Å². The lowest BCUT2D eigenvalue weighted by Gasteiger charge is -2.47. The molecular formula is C30H35F2N5OSi. The molecule has 3 aliphatic rings. The summed E-state index contributed by atoms with van der Waals surface area (Å²) in [7, 11) is -0.488. The number of piperidine rings is 1. The molecule has 6 rings (SSSR count). The molecule has 0 amide bonds. The normalized spacial score (nSPS) is 19.4. The summed E-state index contributed by atoms with van der Waals surface area (Å²) < 4.78 is 38.2. The lowest BCUT2D eigenvalue weighted by molar-refractivity contribution is 0.321. The van der Waals surface area contributed by atoms with Crippen molar-refractivity contribution in [3.63, 3.8) is 0 Å². The fourth-order valence-corrected chi connectivity index (χ4v) is 7.33. The van der Waals surface area contributed by atoms with Gasteiger partial charge in [0.05, 0.1) is 50.7 Å². The fourth-order valence-electron chi connectivity index (χ4n) is 5.75. The van der Waals surface area contributed by atoms with Crippen LogP contribution in [-0.2, 0) is 0 Å². The number of benzene rings is 2. The highest BCUT2D eigenvalue weighted by Gasteiger charge is 2.50. The quantitative estimate of drug-likeness (QED) is 0.376. The predicted octanol–water partition coefficient (Wildman–Crippen LogP) is 5.86. The minimum Gasteiger partial charge on any atom is -0.495 e. The first-order valence-electron chi connectivity index (χ1n) is 13.6. The van der Waals surface area contributed by atoms with Gasteiger partial charge in [0.25, 0.3) is 0 Å². The standard InChI is InChI=1S/C30H35F2N5OSi/c1-20-17-35(19-33-20)26-9-8-21(14-27(26)38-2)13-22-7-6-12-36-29(22)34-30(10-11-30)18-37(36)23-15-24(31)28(25(32)16-23)39(3,4)5/h8-9,13-17,19H,6-7,10-12,18H2,1-5H3. The van der Waals surface area contributed by atoms with Gasteiger partial charge in [-0.05, 0) is 74.1 Å². The number of rotatable bonds is 5. The third-order valence-electron chi connectivity index (χ3n) is 7.86. The first-order valence-corrected chi connectivity index (χ1v) is 17.1. The van der Waals surface area contributed by atoms with E-state index in [2.05, 4.69) is 27.1 Å². The van der Waals surface area contributed by atoms with E-state index in [1.54, 1.807) is 13.4 Å². The summed E-state index contributed by atoms with van der Waals surface area (Å²) in [6.45, 7) is 9.27. The molecule has 0 N–H and O–H groups in total. The average Bonchev–Trinajstić information content (AvgIpc) is 3.48. The van der Waals surface area contributed by atoms with Crippen molar-refractivity contribution < 1.29 is 13.5 Å². The zero-order valence-corrected chi connectivity index (χ0v) is 24.3. The largest absolute Gasteiger partial charge is 0.495 e. The molecule has 6 nitrogen and oxygen atoms in total. The second-order valence-corrected chi connectivity index (χ2v) is 17.0. The lowest BCUT2D eigenvalue weighted by Crippen LogP contribution is -2.57. The number of fused-ring (bicyclic) bond motifs is 1. The molecule has 2 fully saturated rings. The molecule has 2 aromatic carbocycles. The molecule has 3 aromatic rings. The monoisotopic (exact) mass is 547 g/mol. The van der Waals surface area contributed by atoms with Crippen molar-refractivity contribution in [1.29, 1.82) is 0 Å². The number of hydrogen-bond donors (Lipinski definition) is 0. The summed E-state index contributed by atoms with van der Waals surface area (Å²) in [4.78, 5) is 9.55. The van der Waals surface area contributed by atoms with Crippen LogP contribution in [0.1, 0.15) is 36.9 Å². The van der Waals surface area contributed by atoms with E-state index in [1.807, 2.05) is 49.5 Å². The number of anilines is 1. The van der Waals surface area contributed by atoms with Crippen LogP contribution in [0, 0.1) is 18.6 Å². The number of amidine groups is 1. The van der Waals surface area contributed by atoms with Crippen molar-refractivity contribution in [1.82, 2.24) is 14.6 Å². The van der Waals surface area contributed by atoms with E-state index < -0.39 is 19.7 Å². The second kappa shape index (κ2) is 9.33. The number of halogens is 2. The fraction of sp³-hybridized carbons (Fsp3) is 0.400. The Hall–Kier alpha value is -3.46. The molecule has 1 saturated heterocycles. The smallest absolute Gasteiger partial charge is 0.146 e. The van der Waals surface area contributed by atoms with Gasteiger partial charge in [0.15, 0.2) is 0 Å². The SMILES string of the molecule is COc1cc(C=C2CCCN3C2=NC2(CC2)CN3c2cc(F)c([Si](C)(C)C)c(F)c2)ccc1-n1cnc(C)c1. The second-order valence-electron chi connectivity index (χ2n) is 12.0. The van der Waals surface area contributed by atoms with Crippen molar-refractivity contribution in [3.05, 3.63) is 71.3 Å². The van der Waals surface area contributed by atoms with Gasteiger partial charge in [0.1, 0.15) is 23.2 Å². The van der Waals surface area contributed by atoms with Crippen molar-refractivity contribution in [2.45, 2.75) is 57.8 Å². The molecule has 1 saturated carbocycles. The minimum atomic E-state index is -2.16. The van der Waals surface area contributed by atoms with Crippen molar-refractivity contribution in [2.75, 3.05) is 25.2 Å². The van der Waals surface area contributed by atoms with Crippen molar-refractivity contribution in [2.24, 2.45) is 4.99 Å². The molecule has 204 valence electrons. The van der Waals surface area contributed by atoms with Gasteiger partial charge >= 0.3 is 0 Å². The number of nitrogens with zero attached hydrogens (tertiary/aromatic N) is 5. The number of methoxy groups -OCH3 is 1. The van der Waals surface area contributed by atoms with Gasteiger partial charge in [0.2, 0.25) is 0 Å². The maximum absolute atomic E-state index is 15.3. The summed E-state index contributed by atoms with van der Waals surface area (Å²) in [5.41, 5.74) is 4.39. The highest BCUT2D eigenvalue weighted by molar-refractivity contribution is 6.88. The van der Waals surface area contributed by atoms with Gasteiger partial charge < -0.3 is 9.30 Å². The maximum Gasteiger partial charge on any atom is 0.146 e. The summed E-state index contributed by atoms with van der Waals surface area (Å²) in [5, 5.41) is 4.45. The Kier molecular flexibility index (Phi) is 6.17. The molecule has 9 heteroatoms. The molecule has 1 aliphatic carbocycles. The number of aliphatic imine (C=N–C) groups is 1. The first kappa shape index (κ1) is 25.8. The van der Waals surface area contributed by atoms with Crippen LogP contribution in [0.2, 0.25) is 19.6 Å². The van der Waals surface area contributed by atoms with E-state index >= 15 is 8.78 Å². The van der Waals surface area contributed by atoms with Gasteiger partial charge in [-0.1, -0.05) is 25.7 Å². The highest BCUT2D eigenvalue weighted by atomic mass is 28.3. The van der Waals surface area contributed by atoms with Gasteiger partial charge in [-0.3, -0.25) is 15.0 Å². The lowest BCUT2D eigenvalue weighted by atomic mass is 9.99. The summed E-state index contributed by atoms with van der Waals surface area (Å²) in [6, 6.07) is 9.19. The Morgan fingerprint density at radius 1 is 1.05 bits per heavy atom. The number of hydrogen-bond acceptors (Lipinski definition) is 5. The van der Waals surface area contributed by atoms with Gasteiger partial charge in [-0.2, -0.15) is 0 Å². The van der Waals surface area contributed by atoms with Crippen molar-refractivity contribution in [3.8, 4) is 11.4 Å². The Labute approximate surface area is 229 Å². The van der Waals surface area contributed by atoms with E-state index in [0.29, 0.717) is 12.2 Å². The third-order valence-corrected chi connectivity index (χ3v) is 9.84. The van der Waals surface area contributed by atoms with Crippen LogP contribution >= 0.6 is 0 Å². The van der Waals surface area contributed by atoms with Crippen LogP contribution in [0.25, 0.3) is 11.8 Å². The van der Waals surface area contributed by atoms with Gasteiger partial charge in [-0.25, -0.2) is 13.8 Å². The topological polar surface area (TPSA) is 45.9 Å². The van der Waals surface area contributed by atoms with Crippen LogP contribution in [0.5, 0.6) is 5.75 Å². The molecule has 2 aliphatic heterocycles. The molecule has 3 heterocycles. The molecule has 0 atom stereocenters. The van der Waals surface area contributed by atoms with Crippen LogP contribution < -0.4 is 14.9 Å². The molecular weight excluding hydrogens is 512 g/mol. The number of aryl methyl sites for hydroxylation is 1. The van der Waals surface area contributed by atoms with Crippen LogP contribution in [-0.4, -0.2) is 54.2 Å². The highest BCUT2D eigenvalue weighted by Crippen LogP contribution is 2.46. The summed E-state index contributed by atoms with van der Waals surface area (Å²) >= 11 is 0. The Morgan fingerprint density at radius 2 is 1.79 bits per heavy atom. The molecule has 1 spiro atoms. The molecule has 0 bridgehead atoms. The molecule has 39 heavy (non-hydrogen) atoms. The van der Waals surface area contributed by atoms with Crippen LogP contribution in [0.4, 0.5) is 14.5 Å². The number of aromatic nitrogens is 2. The zero-order chi connectivity index (χ0) is 27.5. The Morgan fingerprint density at radius 3 is 2.41 bits per heavy atom. The summed E-state index contributed by atoms with van der Waals surface area (Å²) in [5.74, 6) is 0.791. The maximum atomic E-state index is 15.3. The van der Waals surface area contributed by atoms with Crippen LogP contribution in [0.15, 0.2) is 53.4 Å². The predicted molar refractivity (Wildman–Crippen MR) is 155 cm³/mol. The van der Waals surface area contributed by atoms with Gasteiger partial charge in [-0.15, -0.1) is 0 Å². The first-order chi connectivity index (χ1) is 18.6. The molecule has 0 radical (unpaired) electrons. The average molecular weight is 548 g/mol. The van der Waals surface area contributed by atoms with Crippen molar-refractivity contribution >= 4 is 30.9 Å². The number of hydrazine groups is 1. The van der Waals surface area contributed by atoms with E-state index in [9.17, 15) is 0 Å². The van der Waals surface area contributed by atoms with E-state index in [1.165, 1.54) is 12.1 Å². The van der Waals surface area contributed by atoms with E-state index in [4.69, 9.17) is 9.73 Å². The van der Waals surface area contributed by atoms with E-state index in [0.717, 1.165) is 66.3 Å². The Bertz CT molecular complexity index is 1480. The Balaban J connectivity index is 1.36. The molecule has 0 unspecified atom stereocenters. The van der Waals surface area contributed by atoms with Crippen LogP contribution in [0.3, 0.4) is 0 Å². The zero-order valence-electron chi connectivity index (χ0n) is 23.3. The number of ether oxygens (including phenoxy) is 1. The number of imidazole rings is 1. The molecule has 1 aromatic heterocycles. The minimum absolute atomic E-state index is 0.187. The van der Waals surface area contributed by atoms with Gasteiger partial charge in [0, 0.05) is 17.9 Å².